The average molecular weight is 580 g/mol. The molecule has 0 spiro atoms. The topological polar surface area (TPSA) is 90.9 Å². The van der Waals surface area contributed by atoms with E-state index in [1.165, 1.54) is 26.0 Å². The summed E-state index contributed by atoms with van der Waals surface area (Å²) in [6, 6.07) is 11.2. The largest absolute Gasteiger partial charge is 0.444 e. The molecule has 0 aromatic heterocycles. The van der Waals surface area contributed by atoms with Crippen LogP contribution in [-0.4, -0.2) is 40.7 Å². The molecule has 1 N–H and O–H groups in total. The third-order valence-corrected chi connectivity index (χ3v) is 7.11. The minimum atomic E-state index is -1.33. The SMILES string of the molecule is CC(NC(=O)OC(C)(C)C)C(Cc1ccc(-c2cc(Cl)ccc2F)cc1)C(S)CC1C(=O)OC(C)(C)OC1=O. The van der Waals surface area contributed by atoms with Gasteiger partial charge in [0.2, 0.25) is 0 Å². The Morgan fingerprint density at radius 2 is 1.72 bits per heavy atom. The first-order chi connectivity index (χ1) is 18.0. The maximum atomic E-state index is 14.4. The summed E-state index contributed by atoms with van der Waals surface area (Å²) in [5.74, 6) is -4.52. The van der Waals surface area contributed by atoms with Gasteiger partial charge in [-0.3, -0.25) is 9.59 Å². The van der Waals surface area contributed by atoms with Gasteiger partial charge in [-0.15, -0.1) is 0 Å². The van der Waals surface area contributed by atoms with E-state index in [0.717, 1.165) is 5.56 Å². The highest BCUT2D eigenvalue weighted by molar-refractivity contribution is 7.81. The van der Waals surface area contributed by atoms with E-state index in [0.29, 0.717) is 22.6 Å². The van der Waals surface area contributed by atoms with Gasteiger partial charge < -0.3 is 19.5 Å². The van der Waals surface area contributed by atoms with E-state index in [4.69, 9.17) is 38.4 Å². The van der Waals surface area contributed by atoms with Crippen molar-refractivity contribution in [2.24, 2.45) is 11.8 Å². The van der Waals surface area contributed by atoms with Gasteiger partial charge in [-0.1, -0.05) is 35.9 Å². The molecule has 1 fully saturated rings. The van der Waals surface area contributed by atoms with Crippen molar-refractivity contribution in [3.05, 3.63) is 58.9 Å². The lowest BCUT2D eigenvalue weighted by Crippen LogP contribution is -2.49. The zero-order valence-corrected chi connectivity index (χ0v) is 24.6. The Morgan fingerprint density at radius 1 is 1.13 bits per heavy atom. The fourth-order valence-corrected chi connectivity index (χ4v) is 5.16. The molecule has 1 saturated heterocycles. The highest BCUT2D eigenvalue weighted by Crippen LogP contribution is 2.32. The van der Waals surface area contributed by atoms with E-state index in [1.54, 1.807) is 39.0 Å². The summed E-state index contributed by atoms with van der Waals surface area (Å²) in [6.07, 6.45) is -0.107. The van der Waals surface area contributed by atoms with Gasteiger partial charge >= 0.3 is 18.0 Å². The molecular weight excluding hydrogens is 545 g/mol. The van der Waals surface area contributed by atoms with Gasteiger partial charge in [-0.25, -0.2) is 9.18 Å². The second-order valence-electron chi connectivity index (χ2n) is 11.2. The fourth-order valence-electron chi connectivity index (χ4n) is 4.41. The molecule has 2 aromatic rings. The number of hydrogen-bond donors (Lipinski definition) is 2. The number of rotatable bonds is 8. The lowest BCUT2D eigenvalue weighted by molar-refractivity contribution is -0.240. The van der Waals surface area contributed by atoms with Gasteiger partial charge in [0.05, 0.1) is 0 Å². The Hall–Kier alpha value is -2.78. The van der Waals surface area contributed by atoms with Gasteiger partial charge in [0.1, 0.15) is 11.4 Å². The molecule has 39 heavy (non-hydrogen) atoms. The Bertz CT molecular complexity index is 1190. The summed E-state index contributed by atoms with van der Waals surface area (Å²) in [5.41, 5.74) is 1.24. The lowest BCUT2D eigenvalue weighted by atomic mass is 9.85. The number of esters is 2. The highest BCUT2D eigenvalue weighted by Gasteiger charge is 2.45. The second kappa shape index (κ2) is 12.2. The second-order valence-corrected chi connectivity index (χ2v) is 12.3. The lowest BCUT2D eigenvalue weighted by Gasteiger charge is -2.36. The number of cyclic esters (lactones) is 2. The molecule has 0 bridgehead atoms. The van der Waals surface area contributed by atoms with Crippen molar-refractivity contribution in [3.63, 3.8) is 0 Å². The molecule has 1 aliphatic heterocycles. The van der Waals surface area contributed by atoms with Crippen molar-refractivity contribution in [2.45, 2.75) is 77.1 Å². The maximum absolute atomic E-state index is 14.4. The number of ether oxygens (including phenoxy) is 3. The van der Waals surface area contributed by atoms with Crippen molar-refractivity contribution in [2.75, 3.05) is 0 Å². The van der Waals surface area contributed by atoms with E-state index < -0.39 is 46.6 Å². The molecule has 1 heterocycles. The van der Waals surface area contributed by atoms with E-state index >= 15 is 0 Å². The quantitative estimate of drug-likeness (QED) is 0.215. The molecule has 1 aliphatic rings. The Balaban J connectivity index is 1.82. The van der Waals surface area contributed by atoms with Crippen LogP contribution >= 0.6 is 24.2 Å². The first-order valence-corrected chi connectivity index (χ1v) is 13.6. The van der Waals surface area contributed by atoms with E-state index in [-0.39, 0.29) is 18.2 Å². The zero-order chi connectivity index (χ0) is 29.1. The number of thiol groups is 1. The number of benzene rings is 2. The van der Waals surface area contributed by atoms with Gasteiger partial charge in [-0.2, -0.15) is 12.6 Å². The van der Waals surface area contributed by atoms with Crippen molar-refractivity contribution < 1.29 is 33.0 Å². The number of hydrogen-bond acceptors (Lipinski definition) is 7. The Labute approximate surface area is 239 Å². The molecule has 0 radical (unpaired) electrons. The van der Waals surface area contributed by atoms with Crippen LogP contribution in [0, 0.1) is 17.7 Å². The highest BCUT2D eigenvalue weighted by atomic mass is 35.5. The molecule has 7 nitrogen and oxygen atoms in total. The van der Waals surface area contributed by atoms with E-state index in [1.807, 2.05) is 19.1 Å². The number of nitrogens with one attached hydrogen (secondary N) is 1. The predicted octanol–water partition coefficient (Wildman–Crippen LogP) is 6.36. The standard InChI is InChI=1S/C29H35ClFNO6S/c1-16(32-27(35)38-28(2,3)4)20(24(39)15-22-25(33)36-29(5,6)37-26(22)34)13-17-7-9-18(10-8-17)21-14-19(30)11-12-23(21)31/h7-12,14,16,20,22,24,39H,13,15H2,1-6H3,(H,32,35). The number of carbonyl (C=O) groups excluding carboxylic acids is 3. The molecule has 0 saturated carbocycles. The van der Waals surface area contributed by atoms with Crippen LogP contribution in [0.4, 0.5) is 9.18 Å². The number of alkyl carbamates (subject to hydrolysis) is 1. The van der Waals surface area contributed by atoms with Crippen LogP contribution in [0.25, 0.3) is 11.1 Å². The van der Waals surface area contributed by atoms with E-state index in [9.17, 15) is 18.8 Å². The fraction of sp³-hybridized carbons (Fsp3) is 0.483. The molecule has 212 valence electrons. The summed E-state index contributed by atoms with van der Waals surface area (Å²) in [4.78, 5) is 37.7. The van der Waals surface area contributed by atoms with Crippen LogP contribution in [0.5, 0.6) is 0 Å². The van der Waals surface area contributed by atoms with Gasteiger partial charge in [0.15, 0.2) is 5.92 Å². The molecule has 3 unspecified atom stereocenters. The summed E-state index contributed by atoms with van der Waals surface area (Å²) in [5, 5.41) is 2.78. The molecule has 2 aromatic carbocycles. The Kier molecular flexibility index (Phi) is 9.60. The summed E-state index contributed by atoms with van der Waals surface area (Å²) >= 11 is 10.8. The minimum absolute atomic E-state index is 0.0493. The molecule has 0 aliphatic carbocycles. The summed E-state index contributed by atoms with van der Waals surface area (Å²) in [6.45, 7) is 10.1. The predicted molar refractivity (Wildman–Crippen MR) is 150 cm³/mol. The maximum Gasteiger partial charge on any atom is 0.407 e. The number of amides is 1. The first kappa shape index (κ1) is 30.8. The first-order valence-electron chi connectivity index (χ1n) is 12.7. The van der Waals surface area contributed by atoms with E-state index in [2.05, 4.69) is 5.32 Å². The molecular formula is C29H35ClFNO6S. The molecule has 3 rings (SSSR count). The molecule has 3 atom stereocenters. The van der Waals surface area contributed by atoms with Gasteiger partial charge in [0.25, 0.3) is 5.79 Å². The van der Waals surface area contributed by atoms with Gasteiger partial charge in [-0.05, 0) is 75.8 Å². The smallest absolute Gasteiger partial charge is 0.407 e. The summed E-state index contributed by atoms with van der Waals surface area (Å²) in [7, 11) is 0. The molecule has 1 amide bonds. The minimum Gasteiger partial charge on any atom is -0.444 e. The summed E-state index contributed by atoms with van der Waals surface area (Å²) < 4.78 is 30.3. The van der Waals surface area contributed by atoms with Crippen molar-refractivity contribution in [3.8, 4) is 11.1 Å². The van der Waals surface area contributed by atoms with Crippen LogP contribution in [0.3, 0.4) is 0 Å². The van der Waals surface area contributed by atoms with Crippen LogP contribution < -0.4 is 5.32 Å². The number of halogens is 2. The van der Waals surface area contributed by atoms with Crippen LogP contribution in [0.2, 0.25) is 5.02 Å². The third-order valence-electron chi connectivity index (χ3n) is 6.28. The zero-order valence-electron chi connectivity index (χ0n) is 22.9. The van der Waals surface area contributed by atoms with Crippen molar-refractivity contribution >= 4 is 42.3 Å². The molecule has 10 heteroatoms. The average Bonchev–Trinajstić information content (AvgIpc) is 2.79. The normalized spacial score (nSPS) is 18.0. The van der Waals surface area contributed by atoms with Crippen LogP contribution in [0.15, 0.2) is 42.5 Å². The third kappa shape index (κ3) is 8.60. The number of carbonyl (C=O) groups is 3. The van der Waals surface area contributed by atoms with Crippen LogP contribution in [0.1, 0.15) is 53.5 Å². The Morgan fingerprint density at radius 3 is 2.28 bits per heavy atom. The monoisotopic (exact) mass is 579 g/mol. The van der Waals surface area contributed by atoms with Crippen molar-refractivity contribution in [1.82, 2.24) is 5.32 Å². The van der Waals surface area contributed by atoms with Crippen LogP contribution in [-0.2, 0) is 30.2 Å². The van der Waals surface area contributed by atoms with Gasteiger partial charge in [0, 0.05) is 35.7 Å². The van der Waals surface area contributed by atoms with Crippen molar-refractivity contribution in [1.29, 1.82) is 0 Å².